The Labute approximate surface area is 194 Å². The minimum atomic E-state index is -1.79. The lowest BCUT2D eigenvalue weighted by Crippen LogP contribution is -2.47. The van der Waals surface area contributed by atoms with Crippen molar-refractivity contribution in [2.45, 2.75) is 84.2 Å². The average molecular weight is 457 g/mol. The van der Waals surface area contributed by atoms with Gasteiger partial charge in [0.05, 0.1) is 12.0 Å². The summed E-state index contributed by atoms with van der Waals surface area (Å²) >= 11 is 0. The van der Waals surface area contributed by atoms with Gasteiger partial charge in [-0.25, -0.2) is 4.98 Å². The van der Waals surface area contributed by atoms with Crippen molar-refractivity contribution < 1.29 is 13.6 Å². The summed E-state index contributed by atoms with van der Waals surface area (Å²) in [5.74, 6) is 1.06. The van der Waals surface area contributed by atoms with Crippen LogP contribution >= 0.6 is 0 Å². The highest BCUT2D eigenvalue weighted by molar-refractivity contribution is 6.77. The van der Waals surface area contributed by atoms with Gasteiger partial charge in [-0.05, 0) is 41.6 Å². The van der Waals surface area contributed by atoms with E-state index in [4.69, 9.17) is 18.6 Å². The van der Waals surface area contributed by atoms with Crippen molar-refractivity contribution in [2.24, 2.45) is 0 Å². The number of nitrogens with zero attached hydrogens (tertiary/aromatic N) is 2. The highest BCUT2D eigenvalue weighted by atomic mass is 28.4. The van der Waals surface area contributed by atoms with Crippen LogP contribution < -0.4 is 0 Å². The number of fused-ring (bicyclic) bond motifs is 1. The number of aryl methyl sites for hydroxylation is 1. The van der Waals surface area contributed by atoms with Gasteiger partial charge in [-0.15, -0.1) is 0 Å². The molecule has 0 aliphatic heterocycles. The predicted octanol–water partition coefficient (Wildman–Crippen LogP) is 7.42. The van der Waals surface area contributed by atoms with E-state index in [1.165, 1.54) is 0 Å². The highest BCUT2D eigenvalue weighted by Crippen LogP contribution is 2.42. The van der Waals surface area contributed by atoms with E-state index in [2.05, 4.69) is 70.5 Å². The molecule has 32 heavy (non-hydrogen) atoms. The van der Waals surface area contributed by atoms with Crippen LogP contribution in [-0.4, -0.2) is 31.6 Å². The van der Waals surface area contributed by atoms with Gasteiger partial charge in [-0.1, -0.05) is 53.7 Å². The zero-order valence-electron chi connectivity index (χ0n) is 20.9. The van der Waals surface area contributed by atoms with Crippen molar-refractivity contribution >= 4 is 19.3 Å². The molecule has 0 aliphatic carbocycles. The van der Waals surface area contributed by atoms with Gasteiger partial charge < -0.3 is 18.1 Å². The maximum atomic E-state index is 6.71. The lowest BCUT2D eigenvalue weighted by atomic mass is 10.1. The van der Waals surface area contributed by atoms with Crippen LogP contribution in [0.2, 0.25) is 16.6 Å². The molecule has 5 nitrogen and oxygen atoms in total. The average Bonchev–Trinajstić information content (AvgIpc) is 3.36. The second kappa shape index (κ2) is 10.8. The maximum absolute atomic E-state index is 6.71. The molecule has 0 atom stereocenters. The summed E-state index contributed by atoms with van der Waals surface area (Å²) in [4.78, 5) is 4.93. The van der Waals surface area contributed by atoms with Crippen LogP contribution in [0, 0.1) is 0 Å². The first-order valence-electron chi connectivity index (χ1n) is 12.0. The Kier molecular flexibility index (Phi) is 8.36. The molecular weight excluding hydrogens is 416 g/mol. The van der Waals surface area contributed by atoms with Gasteiger partial charge in [0, 0.05) is 37.3 Å². The zero-order chi connectivity index (χ0) is 23.3. The molecule has 2 aromatic heterocycles. The fourth-order valence-corrected chi connectivity index (χ4v) is 10.8. The predicted molar refractivity (Wildman–Crippen MR) is 134 cm³/mol. The molecule has 0 spiro atoms. The lowest BCUT2D eigenvalue weighted by Gasteiger charge is -2.42. The number of hydrogen-bond donors (Lipinski definition) is 0. The molecule has 176 valence electrons. The van der Waals surface area contributed by atoms with Gasteiger partial charge in [0.25, 0.3) is 0 Å². The molecule has 6 heteroatoms. The summed E-state index contributed by atoms with van der Waals surface area (Å²) in [6.45, 7) is 15.4. The topological polar surface area (TPSA) is 49.4 Å². The minimum Gasteiger partial charge on any atom is -0.464 e. The Morgan fingerprint density at radius 2 is 1.72 bits per heavy atom. The number of hydrogen-bond acceptors (Lipinski definition) is 4. The van der Waals surface area contributed by atoms with Crippen LogP contribution in [0.3, 0.4) is 0 Å². The van der Waals surface area contributed by atoms with E-state index in [1.54, 1.807) is 13.4 Å². The van der Waals surface area contributed by atoms with Crippen LogP contribution in [0.25, 0.3) is 22.2 Å². The number of furan rings is 1. The molecule has 0 bridgehead atoms. The Balaban J connectivity index is 1.64. The quantitative estimate of drug-likeness (QED) is 0.210. The van der Waals surface area contributed by atoms with Gasteiger partial charge in [0.1, 0.15) is 18.1 Å². The van der Waals surface area contributed by atoms with Crippen molar-refractivity contribution in [1.29, 1.82) is 0 Å². The summed E-state index contributed by atoms with van der Waals surface area (Å²) in [7, 11) is -0.0645. The smallest absolute Gasteiger partial charge is 0.200 e. The molecule has 0 unspecified atom stereocenters. The molecule has 3 aromatic rings. The standard InChI is InChI=1S/C26H40N2O3Si/c1-19(2)32(20(3)4,21(5)6)31-14-9-8-10-26-27-24(17-28(26)18-29-7)23-12-11-22-13-15-30-25(22)16-23/h11-13,15-17,19-21H,8-10,14,18H2,1-7H3. The minimum absolute atomic E-state index is 0.506. The summed E-state index contributed by atoms with van der Waals surface area (Å²) in [6, 6.07) is 8.21. The molecule has 0 amide bonds. The van der Waals surface area contributed by atoms with Gasteiger partial charge >= 0.3 is 0 Å². The number of benzene rings is 1. The molecule has 0 saturated carbocycles. The number of methoxy groups -OCH3 is 1. The monoisotopic (exact) mass is 456 g/mol. The number of unbranched alkanes of at least 4 members (excludes halogenated alkanes) is 1. The van der Waals surface area contributed by atoms with Gasteiger partial charge in [-0.2, -0.15) is 0 Å². The third-order valence-corrected chi connectivity index (χ3v) is 12.9. The number of aromatic nitrogens is 2. The molecule has 0 aliphatic rings. The molecule has 3 rings (SSSR count). The van der Waals surface area contributed by atoms with E-state index >= 15 is 0 Å². The maximum Gasteiger partial charge on any atom is 0.200 e. The van der Waals surface area contributed by atoms with Gasteiger partial charge in [-0.3, -0.25) is 0 Å². The van der Waals surface area contributed by atoms with E-state index in [0.717, 1.165) is 53.9 Å². The second-order valence-electron chi connectivity index (χ2n) is 9.73. The molecular formula is C26H40N2O3Si. The fraction of sp³-hybridized carbons (Fsp3) is 0.577. The van der Waals surface area contributed by atoms with Crippen molar-refractivity contribution in [3.8, 4) is 11.3 Å². The fourth-order valence-electron chi connectivity index (χ4n) is 5.29. The van der Waals surface area contributed by atoms with Crippen molar-refractivity contribution in [3.63, 3.8) is 0 Å². The van der Waals surface area contributed by atoms with Crippen molar-refractivity contribution in [3.05, 3.63) is 42.5 Å². The Bertz CT molecular complexity index is 968. The van der Waals surface area contributed by atoms with E-state index in [1.807, 2.05) is 6.07 Å². The molecule has 0 fully saturated rings. The first kappa shape index (κ1) is 24.7. The third-order valence-electron chi connectivity index (χ3n) is 6.73. The van der Waals surface area contributed by atoms with Crippen LogP contribution in [0.1, 0.15) is 60.2 Å². The lowest BCUT2D eigenvalue weighted by molar-refractivity contribution is 0.128. The second-order valence-corrected chi connectivity index (χ2v) is 15.2. The molecule has 0 saturated heterocycles. The summed E-state index contributed by atoms with van der Waals surface area (Å²) in [5, 5.41) is 1.11. The van der Waals surface area contributed by atoms with Crippen LogP contribution in [-0.2, 0) is 22.3 Å². The highest BCUT2D eigenvalue weighted by Gasteiger charge is 2.44. The van der Waals surface area contributed by atoms with Crippen molar-refractivity contribution in [2.75, 3.05) is 13.7 Å². The third kappa shape index (κ3) is 5.19. The molecule has 2 heterocycles. The summed E-state index contributed by atoms with van der Waals surface area (Å²) in [5.41, 5.74) is 4.77. The number of ether oxygens (including phenoxy) is 1. The largest absolute Gasteiger partial charge is 0.464 e. The van der Waals surface area contributed by atoms with Crippen LogP contribution in [0.15, 0.2) is 41.1 Å². The van der Waals surface area contributed by atoms with E-state index in [0.29, 0.717) is 23.4 Å². The normalized spacial score (nSPS) is 12.7. The summed E-state index contributed by atoms with van der Waals surface area (Å²) in [6.07, 6.45) is 6.81. The van der Waals surface area contributed by atoms with E-state index < -0.39 is 8.32 Å². The Morgan fingerprint density at radius 3 is 2.38 bits per heavy atom. The first-order valence-corrected chi connectivity index (χ1v) is 14.1. The van der Waals surface area contributed by atoms with E-state index in [-0.39, 0.29) is 0 Å². The first-order chi connectivity index (χ1) is 15.3. The molecule has 1 aromatic carbocycles. The van der Waals surface area contributed by atoms with Gasteiger partial charge in [0.15, 0.2) is 8.32 Å². The molecule has 0 N–H and O–H groups in total. The number of rotatable bonds is 12. The summed E-state index contributed by atoms with van der Waals surface area (Å²) < 4.78 is 19.8. The van der Waals surface area contributed by atoms with Crippen molar-refractivity contribution in [1.82, 2.24) is 9.55 Å². The number of imidazole rings is 1. The van der Waals surface area contributed by atoms with E-state index in [9.17, 15) is 0 Å². The SMILES string of the molecule is COCn1cc(-c2ccc3ccoc3c2)nc1CCCCO[Si](C(C)C)(C(C)C)C(C)C. The van der Waals surface area contributed by atoms with Crippen LogP contribution in [0.4, 0.5) is 0 Å². The zero-order valence-corrected chi connectivity index (χ0v) is 21.9. The Hall–Kier alpha value is -1.89. The van der Waals surface area contributed by atoms with Gasteiger partial charge in [0.2, 0.25) is 0 Å². The van der Waals surface area contributed by atoms with Crippen LogP contribution in [0.5, 0.6) is 0 Å². The Morgan fingerprint density at radius 1 is 1.00 bits per heavy atom. The molecule has 0 radical (unpaired) electrons.